The van der Waals surface area contributed by atoms with Crippen molar-refractivity contribution in [2.24, 2.45) is 5.73 Å². The average Bonchev–Trinajstić information content (AvgIpc) is 2.64. The fourth-order valence-electron chi connectivity index (χ4n) is 2.00. The van der Waals surface area contributed by atoms with E-state index in [9.17, 15) is 0 Å². The maximum atomic E-state index is 5.24. The van der Waals surface area contributed by atoms with Gasteiger partial charge in [-0.25, -0.2) is 0 Å². The summed E-state index contributed by atoms with van der Waals surface area (Å²) in [5, 5.41) is 9.93. The summed E-state index contributed by atoms with van der Waals surface area (Å²) >= 11 is 9.84. The Balaban J connectivity index is 0.000000209. The minimum Gasteiger partial charge on any atom is -0.376 e. The summed E-state index contributed by atoms with van der Waals surface area (Å²) in [6.07, 6.45) is 0. The molecule has 0 radical (unpaired) electrons. The third kappa shape index (κ3) is 7.74. The van der Waals surface area contributed by atoms with Crippen molar-refractivity contribution in [3.8, 4) is 0 Å². The van der Waals surface area contributed by atoms with E-state index in [-0.39, 0.29) is 0 Å². The van der Waals surface area contributed by atoms with E-state index in [2.05, 4.69) is 28.2 Å². The molecule has 6 heteroatoms. The lowest BCUT2D eigenvalue weighted by atomic mass is 10.3. The molecule has 0 saturated heterocycles. The minimum absolute atomic E-state index is 0.297. The highest BCUT2D eigenvalue weighted by molar-refractivity contribution is 7.80. The summed E-state index contributed by atoms with van der Waals surface area (Å²) in [5.41, 5.74) is 8.14. The monoisotopic (exact) mass is 380 g/mol. The molecule has 3 aromatic carbocycles. The molecule has 3 rings (SSSR count). The van der Waals surface area contributed by atoms with E-state index in [1.165, 1.54) is 0 Å². The Morgan fingerprint density at radius 2 is 0.846 bits per heavy atom. The summed E-state index contributed by atoms with van der Waals surface area (Å²) in [6, 6.07) is 29.3. The van der Waals surface area contributed by atoms with Crippen LogP contribution in [0.5, 0.6) is 0 Å². The summed E-state index contributed by atoms with van der Waals surface area (Å²) in [5.74, 6) is 0. The number of anilines is 3. The standard InChI is InChI=1S/C13H12N2S.C7H8N2S/c16-13(14-11-7-3-1-4-8-11)15-12-9-5-2-6-10-12;8-7(10)9-6-4-2-1-3-5-6/h1-10H,(H2,14,15,16);1-5H,(H3,8,9,10). The molecule has 0 atom stereocenters. The van der Waals surface area contributed by atoms with Gasteiger partial charge in [-0.2, -0.15) is 0 Å². The fraction of sp³-hybridized carbons (Fsp3) is 0. The Hall–Kier alpha value is -2.96. The van der Waals surface area contributed by atoms with Gasteiger partial charge in [-0.05, 0) is 60.8 Å². The van der Waals surface area contributed by atoms with E-state index in [4.69, 9.17) is 18.0 Å². The molecule has 0 aliphatic rings. The SMILES string of the molecule is NC(=S)Nc1ccccc1.S=C(Nc1ccccc1)Nc1ccccc1. The molecule has 132 valence electrons. The lowest BCUT2D eigenvalue weighted by Gasteiger charge is -2.09. The Kier molecular flexibility index (Phi) is 8.05. The van der Waals surface area contributed by atoms with Crippen LogP contribution in [0, 0.1) is 0 Å². The van der Waals surface area contributed by atoms with Gasteiger partial charge in [0.1, 0.15) is 0 Å². The van der Waals surface area contributed by atoms with Crippen molar-refractivity contribution >= 4 is 51.7 Å². The zero-order chi connectivity index (χ0) is 18.6. The van der Waals surface area contributed by atoms with Crippen molar-refractivity contribution in [2.75, 3.05) is 16.0 Å². The summed E-state index contributed by atoms with van der Waals surface area (Å²) in [7, 11) is 0. The number of thiocarbonyl (C=S) groups is 2. The van der Waals surface area contributed by atoms with Gasteiger partial charge in [-0.1, -0.05) is 54.6 Å². The van der Waals surface area contributed by atoms with Crippen LogP contribution in [0.3, 0.4) is 0 Å². The highest BCUT2D eigenvalue weighted by atomic mass is 32.1. The van der Waals surface area contributed by atoms with Crippen LogP contribution in [-0.4, -0.2) is 10.2 Å². The van der Waals surface area contributed by atoms with Gasteiger partial charge in [0.25, 0.3) is 0 Å². The molecule has 0 aliphatic carbocycles. The fourth-order valence-corrected chi connectivity index (χ4v) is 2.35. The highest BCUT2D eigenvalue weighted by Gasteiger charge is 1.96. The highest BCUT2D eigenvalue weighted by Crippen LogP contribution is 2.08. The molecule has 26 heavy (non-hydrogen) atoms. The predicted octanol–water partition coefficient (Wildman–Crippen LogP) is 4.84. The van der Waals surface area contributed by atoms with Gasteiger partial charge in [0.2, 0.25) is 0 Å². The maximum absolute atomic E-state index is 5.24. The van der Waals surface area contributed by atoms with Crippen molar-refractivity contribution < 1.29 is 0 Å². The number of nitrogens with one attached hydrogen (secondary N) is 3. The molecule has 0 amide bonds. The number of hydrogen-bond acceptors (Lipinski definition) is 2. The molecule has 0 saturated carbocycles. The van der Waals surface area contributed by atoms with Crippen LogP contribution in [0.25, 0.3) is 0 Å². The van der Waals surface area contributed by atoms with Crippen molar-refractivity contribution in [2.45, 2.75) is 0 Å². The van der Waals surface area contributed by atoms with Crippen molar-refractivity contribution in [1.29, 1.82) is 0 Å². The van der Waals surface area contributed by atoms with Gasteiger partial charge in [0, 0.05) is 17.1 Å². The average molecular weight is 381 g/mol. The summed E-state index contributed by atoms with van der Waals surface area (Å²) in [4.78, 5) is 0. The largest absolute Gasteiger partial charge is 0.376 e. The lowest BCUT2D eigenvalue weighted by Crippen LogP contribution is -2.18. The third-order valence-electron chi connectivity index (χ3n) is 3.10. The third-order valence-corrected chi connectivity index (χ3v) is 3.41. The molecular formula is C20H20N4S2. The zero-order valence-electron chi connectivity index (χ0n) is 14.1. The first-order chi connectivity index (χ1) is 12.6. The molecule has 0 aliphatic heterocycles. The molecule has 0 unspecified atom stereocenters. The van der Waals surface area contributed by atoms with Gasteiger partial charge in [-0.15, -0.1) is 0 Å². The van der Waals surface area contributed by atoms with Gasteiger partial charge in [0.15, 0.2) is 10.2 Å². The van der Waals surface area contributed by atoms with E-state index < -0.39 is 0 Å². The Labute approximate surface area is 164 Å². The second-order valence-corrected chi connectivity index (χ2v) is 6.01. The first-order valence-electron chi connectivity index (χ1n) is 7.93. The number of benzene rings is 3. The van der Waals surface area contributed by atoms with Crippen LogP contribution in [0.2, 0.25) is 0 Å². The number of hydrogen-bond donors (Lipinski definition) is 4. The van der Waals surface area contributed by atoms with E-state index in [0.717, 1.165) is 17.1 Å². The van der Waals surface area contributed by atoms with Crippen LogP contribution in [0.1, 0.15) is 0 Å². The Bertz CT molecular complexity index is 765. The quantitative estimate of drug-likeness (QED) is 0.488. The number of rotatable bonds is 3. The van der Waals surface area contributed by atoms with Crippen LogP contribution in [-0.2, 0) is 0 Å². The lowest BCUT2D eigenvalue weighted by molar-refractivity contribution is 1.60. The minimum atomic E-state index is 0.297. The number of nitrogens with two attached hydrogens (primary N) is 1. The van der Waals surface area contributed by atoms with Gasteiger partial charge < -0.3 is 21.7 Å². The first kappa shape index (κ1) is 19.4. The molecule has 0 bridgehead atoms. The Morgan fingerprint density at radius 1 is 0.538 bits per heavy atom. The van der Waals surface area contributed by atoms with Gasteiger partial charge in [-0.3, -0.25) is 0 Å². The molecule has 5 N–H and O–H groups in total. The summed E-state index contributed by atoms with van der Waals surface area (Å²) in [6.45, 7) is 0. The topological polar surface area (TPSA) is 62.1 Å². The molecule has 0 aromatic heterocycles. The number of para-hydroxylation sites is 3. The van der Waals surface area contributed by atoms with E-state index >= 15 is 0 Å². The molecule has 0 fully saturated rings. The van der Waals surface area contributed by atoms with E-state index in [1.54, 1.807) is 0 Å². The van der Waals surface area contributed by atoms with E-state index in [1.807, 2.05) is 91.0 Å². The van der Waals surface area contributed by atoms with Crippen LogP contribution >= 0.6 is 24.4 Å². The Morgan fingerprint density at radius 3 is 1.15 bits per heavy atom. The van der Waals surface area contributed by atoms with Gasteiger partial charge in [0.05, 0.1) is 0 Å². The summed E-state index contributed by atoms with van der Waals surface area (Å²) < 4.78 is 0. The molecule has 0 heterocycles. The second-order valence-electron chi connectivity index (χ2n) is 5.17. The van der Waals surface area contributed by atoms with Crippen molar-refractivity contribution in [1.82, 2.24) is 0 Å². The maximum Gasteiger partial charge on any atom is 0.175 e. The molecule has 4 nitrogen and oxygen atoms in total. The van der Waals surface area contributed by atoms with Crippen molar-refractivity contribution in [3.63, 3.8) is 0 Å². The second kappa shape index (κ2) is 10.8. The first-order valence-corrected chi connectivity index (χ1v) is 8.75. The molecule has 0 spiro atoms. The van der Waals surface area contributed by atoms with E-state index in [0.29, 0.717) is 10.2 Å². The van der Waals surface area contributed by atoms with Crippen LogP contribution in [0.15, 0.2) is 91.0 Å². The smallest absolute Gasteiger partial charge is 0.175 e. The van der Waals surface area contributed by atoms with Crippen molar-refractivity contribution in [3.05, 3.63) is 91.0 Å². The predicted molar refractivity (Wildman–Crippen MR) is 120 cm³/mol. The molecular weight excluding hydrogens is 360 g/mol. The molecule has 3 aromatic rings. The van der Waals surface area contributed by atoms with Gasteiger partial charge >= 0.3 is 0 Å². The van der Waals surface area contributed by atoms with Crippen LogP contribution < -0.4 is 21.7 Å². The normalized spacial score (nSPS) is 9.23. The van der Waals surface area contributed by atoms with Crippen LogP contribution in [0.4, 0.5) is 17.1 Å². The zero-order valence-corrected chi connectivity index (χ0v) is 15.7.